The molecule has 0 N–H and O–H groups in total. The van der Waals surface area contributed by atoms with Gasteiger partial charge in [-0.25, -0.2) is 9.37 Å². The zero-order chi connectivity index (χ0) is 23.3. The number of anilines is 2. The number of hydrogen-bond donors (Lipinski definition) is 0. The second-order valence-electron chi connectivity index (χ2n) is 8.18. The van der Waals surface area contributed by atoms with Gasteiger partial charge < -0.3 is 24.2 Å². The minimum Gasteiger partial charge on any atom is -0.457 e. The quantitative estimate of drug-likeness (QED) is 0.576. The van der Waals surface area contributed by atoms with E-state index in [1.807, 2.05) is 11.0 Å². The molecule has 34 heavy (non-hydrogen) atoms. The van der Waals surface area contributed by atoms with Gasteiger partial charge in [-0.1, -0.05) is 6.07 Å². The van der Waals surface area contributed by atoms with E-state index in [9.17, 15) is 9.18 Å². The topological polar surface area (TPSA) is 71.0 Å². The van der Waals surface area contributed by atoms with Crippen molar-refractivity contribution in [1.82, 2.24) is 14.9 Å². The fourth-order valence-electron chi connectivity index (χ4n) is 4.08. The molecule has 9 heteroatoms. The number of halogens is 1. The van der Waals surface area contributed by atoms with Gasteiger partial charge in [0.25, 0.3) is 5.91 Å². The maximum Gasteiger partial charge on any atom is 0.254 e. The van der Waals surface area contributed by atoms with Crippen molar-refractivity contribution in [2.75, 3.05) is 62.3 Å². The van der Waals surface area contributed by atoms with Gasteiger partial charge >= 0.3 is 0 Å². The predicted molar refractivity (Wildman–Crippen MR) is 126 cm³/mol. The van der Waals surface area contributed by atoms with Gasteiger partial charge in [0, 0.05) is 51.0 Å². The molecule has 0 aliphatic carbocycles. The Hall–Kier alpha value is -3.72. The van der Waals surface area contributed by atoms with E-state index in [4.69, 9.17) is 14.5 Å². The van der Waals surface area contributed by atoms with Gasteiger partial charge in [-0.15, -0.1) is 0 Å². The molecule has 0 radical (unpaired) electrons. The summed E-state index contributed by atoms with van der Waals surface area (Å²) in [5, 5.41) is 0. The summed E-state index contributed by atoms with van der Waals surface area (Å²) in [5.41, 5.74) is 0.560. The molecule has 0 unspecified atom stereocenters. The number of carbonyl (C=O) groups excluding carboxylic acids is 1. The Kier molecular flexibility index (Phi) is 6.53. The van der Waals surface area contributed by atoms with E-state index < -0.39 is 0 Å². The number of morpholine rings is 1. The van der Waals surface area contributed by atoms with Crippen molar-refractivity contribution < 1.29 is 18.7 Å². The summed E-state index contributed by atoms with van der Waals surface area (Å²) in [4.78, 5) is 28.4. The van der Waals surface area contributed by atoms with E-state index in [0.717, 1.165) is 24.9 Å². The van der Waals surface area contributed by atoms with Gasteiger partial charge in [-0.2, -0.15) is 4.98 Å². The van der Waals surface area contributed by atoms with Gasteiger partial charge in [0.05, 0.1) is 13.2 Å². The number of amides is 1. The van der Waals surface area contributed by atoms with E-state index in [0.29, 0.717) is 56.5 Å². The lowest BCUT2D eigenvalue weighted by Crippen LogP contribution is -2.49. The molecule has 1 aromatic heterocycles. The molecule has 2 aliphatic rings. The lowest BCUT2D eigenvalue weighted by molar-refractivity contribution is 0.0746. The number of benzene rings is 2. The highest BCUT2D eigenvalue weighted by Crippen LogP contribution is 2.24. The van der Waals surface area contributed by atoms with Crippen molar-refractivity contribution in [3.63, 3.8) is 0 Å². The van der Waals surface area contributed by atoms with Crippen molar-refractivity contribution in [3.05, 3.63) is 72.2 Å². The standard InChI is InChI=1S/C25H26FN5O3/c26-20-4-6-21(7-5-20)34-22-3-1-2-19(18-22)24(32)30-12-10-29(11-13-30)23-8-9-27-25(28-23)31-14-16-33-17-15-31/h1-9,18H,10-17H2. The van der Waals surface area contributed by atoms with E-state index in [2.05, 4.69) is 14.8 Å². The molecule has 0 saturated carbocycles. The first-order valence-corrected chi connectivity index (χ1v) is 11.4. The Balaban J connectivity index is 1.20. The van der Waals surface area contributed by atoms with E-state index >= 15 is 0 Å². The van der Waals surface area contributed by atoms with E-state index in [1.165, 1.54) is 12.1 Å². The number of carbonyl (C=O) groups is 1. The summed E-state index contributed by atoms with van der Waals surface area (Å²) in [5.74, 6) is 2.28. The Morgan fingerprint density at radius 3 is 2.41 bits per heavy atom. The van der Waals surface area contributed by atoms with Crippen LogP contribution in [0.4, 0.5) is 16.2 Å². The Bertz CT molecular complexity index is 1130. The second-order valence-corrected chi connectivity index (χ2v) is 8.18. The Labute approximate surface area is 197 Å². The summed E-state index contributed by atoms with van der Waals surface area (Å²) in [6, 6.07) is 14.8. The third-order valence-electron chi connectivity index (χ3n) is 5.94. The lowest BCUT2D eigenvalue weighted by Gasteiger charge is -2.36. The maximum atomic E-state index is 13.1. The normalized spacial score (nSPS) is 16.4. The molecule has 8 nitrogen and oxygen atoms in total. The summed E-state index contributed by atoms with van der Waals surface area (Å²) in [6.45, 7) is 5.52. The van der Waals surface area contributed by atoms with E-state index in [1.54, 1.807) is 42.6 Å². The highest BCUT2D eigenvalue weighted by molar-refractivity contribution is 5.94. The monoisotopic (exact) mass is 463 g/mol. The molecular formula is C25H26FN5O3. The SMILES string of the molecule is O=C(c1cccc(Oc2ccc(F)cc2)c1)N1CCN(c2ccnc(N3CCOCC3)n2)CC1. The molecular weight excluding hydrogens is 437 g/mol. The number of rotatable bonds is 5. The summed E-state index contributed by atoms with van der Waals surface area (Å²) >= 11 is 0. The van der Waals surface area contributed by atoms with Crippen molar-refractivity contribution in [1.29, 1.82) is 0 Å². The van der Waals surface area contributed by atoms with Crippen LogP contribution in [0.5, 0.6) is 11.5 Å². The smallest absolute Gasteiger partial charge is 0.254 e. The highest BCUT2D eigenvalue weighted by atomic mass is 19.1. The van der Waals surface area contributed by atoms with Gasteiger partial charge in [-0.3, -0.25) is 4.79 Å². The third-order valence-corrected chi connectivity index (χ3v) is 5.94. The number of aromatic nitrogens is 2. The van der Waals surface area contributed by atoms with Gasteiger partial charge in [0.15, 0.2) is 0 Å². The molecule has 5 rings (SSSR count). The van der Waals surface area contributed by atoms with E-state index in [-0.39, 0.29) is 11.7 Å². The van der Waals surface area contributed by atoms with Crippen LogP contribution in [-0.4, -0.2) is 73.3 Å². The van der Waals surface area contributed by atoms with Gasteiger partial charge in [0.1, 0.15) is 23.1 Å². The van der Waals surface area contributed by atoms with Crippen LogP contribution < -0.4 is 14.5 Å². The van der Waals surface area contributed by atoms with Crippen LogP contribution >= 0.6 is 0 Å². The number of ether oxygens (including phenoxy) is 2. The number of nitrogens with zero attached hydrogens (tertiary/aromatic N) is 5. The average Bonchev–Trinajstić information content (AvgIpc) is 2.90. The number of hydrogen-bond acceptors (Lipinski definition) is 7. The fourth-order valence-corrected chi connectivity index (χ4v) is 4.08. The van der Waals surface area contributed by atoms with Crippen LogP contribution in [0.25, 0.3) is 0 Å². The molecule has 0 spiro atoms. The molecule has 2 fully saturated rings. The Morgan fingerprint density at radius 1 is 0.882 bits per heavy atom. The molecule has 0 atom stereocenters. The zero-order valence-electron chi connectivity index (χ0n) is 18.8. The molecule has 2 saturated heterocycles. The fraction of sp³-hybridized carbons (Fsp3) is 0.320. The van der Waals surface area contributed by atoms with Crippen LogP contribution in [0.2, 0.25) is 0 Å². The first-order valence-electron chi connectivity index (χ1n) is 11.4. The average molecular weight is 464 g/mol. The van der Waals surface area contributed by atoms with Crippen molar-refractivity contribution in [2.24, 2.45) is 0 Å². The third kappa shape index (κ3) is 5.09. The minimum atomic E-state index is -0.324. The van der Waals surface area contributed by atoms with Gasteiger partial charge in [-0.05, 0) is 48.5 Å². The molecule has 2 aromatic carbocycles. The zero-order valence-corrected chi connectivity index (χ0v) is 18.8. The van der Waals surface area contributed by atoms with Crippen LogP contribution in [0.1, 0.15) is 10.4 Å². The molecule has 0 bridgehead atoms. The van der Waals surface area contributed by atoms with Crippen LogP contribution in [0.15, 0.2) is 60.8 Å². The summed E-state index contributed by atoms with van der Waals surface area (Å²) in [6.07, 6.45) is 1.79. The molecule has 3 heterocycles. The highest BCUT2D eigenvalue weighted by Gasteiger charge is 2.24. The van der Waals surface area contributed by atoms with Crippen molar-refractivity contribution in [3.8, 4) is 11.5 Å². The van der Waals surface area contributed by atoms with Crippen molar-refractivity contribution >= 4 is 17.7 Å². The van der Waals surface area contributed by atoms with Gasteiger partial charge in [0.2, 0.25) is 5.95 Å². The minimum absolute atomic E-state index is 0.0408. The summed E-state index contributed by atoms with van der Waals surface area (Å²) in [7, 11) is 0. The first-order chi connectivity index (χ1) is 16.7. The number of piperazine rings is 1. The second kappa shape index (κ2) is 10.0. The molecule has 3 aromatic rings. The molecule has 2 aliphatic heterocycles. The predicted octanol–water partition coefficient (Wildman–Crippen LogP) is 3.21. The first kappa shape index (κ1) is 22.1. The lowest BCUT2D eigenvalue weighted by atomic mass is 10.1. The molecule has 1 amide bonds. The molecule has 176 valence electrons. The van der Waals surface area contributed by atoms with Crippen LogP contribution in [0.3, 0.4) is 0 Å². The van der Waals surface area contributed by atoms with Crippen LogP contribution in [0, 0.1) is 5.82 Å². The maximum absolute atomic E-state index is 13.1. The van der Waals surface area contributed by atoms with Crippen LogP contribution in [-0.2, 0) is 4.74 Å². The van der Waals surface area contributed by atoms with Crippen molar-refractivity contribution in [2.45, 2.75) is 0 Å². The largest absolute Gasteiger partial charge is 0.457 e. The summed E-state index contributed by atoms with van der Waals surface area (Å²) < 4.78 is 24.3. The Morgan fingerprint density at radius 2 is 1.65 bits per heavy atom.